The first kappa shape index (κ1) is 27.4. The van der Waals surface area contributed by atoms with Crippen molar-refractivity contribution in [2.45, 2.75) is 19.3 Å². The normalized spacial score (nSPS) is 13.1. The molecule has 0 radical (unpaired) electrons. The Labute approximate surface area is 274 Å². The molecule has 3 nitrogen and oxygen atoms in total. The Kier molecular flexibility index (Phi) is 6.16. The molecule has 0 N–H and O–H groups in total. The third-order valence-corrected chi connectivity index (χ3v) is 9.77. The zero-order valence-corrected chi connectivity index (χ0v) is 26.3. The van der Waals surface area contributed by atoms with E-state index in [-0.39, 0.29) is 5.41 Å². The molecule has 0 saturated heterocycles. The molecular formula is C44H31N3. The highest BCUT2D eigenvalue weighted by molar-refractivity contribution is 6.10. The van der Waals surface area contributed by atoms with Crippen molar-refractivity contribution in [2.75, 3.05) is 0 Å². The molecule has 222 valence electrons. The molecule has 2 heterocycles. The fraction of sp³-hybridized carbons (Fsp3) is 0.0682. The van der Waals surface area contributed by atoms with Crippen molar-refractivity contribution in [3.05, 3.63) is 163 Å². The highest BCUT2D eigenvalue weighted by atomic mass is 14.9. The van der Waals surface area contributed by atoms with Crippen LogP contribution < -0.4 is 0 Å². The van der Waals surface area contributed by atoms with Crippen molar-refractivity contribution >= 4 is 21.5 Å². The molecule has 3 heteroatoms. The van der Waals surface area contributed by atoms with Crippen LogP contribution in [0.15, 0.2) is 152 Å². The van der Waals surface area contributed by atoms with Crippen LogP contribution in [0.25, 0.3) is 77.7 Å². The van der Waals surface area contributed by atoms with Gasteiger partial charge in [0.1, 0.15) is 0 Å². The minimum absolute atomic E-state index is 0.0587. The molecule has 6 aromatic carbocycles. The summed E-state index contributed by atoms with van der Waals surface area (Å²) in [5, 5.41) is 4.97. The van der Waals surface area contributed by atoms with Crippen molar-refractivity contribution in [1.29, 1.82) is 0 Å². The molecule has 2 aromatic heterocycles. The van der Waals surface area contributed by atoms with Gasteiger partial charge in [0.05, 0.1) is 11.4 Å². The smallest absolute Gasteiger partial charge is 0.160 e. The summed E-state index contributed by atoms with van der Waals surface area (Å²) in [5.74, 6) is 0.701. The molecule has 0 atom stereocenters. The van der Waals surface area contributed by atoms with Gasteiger partial charge in [-0.3, -0.25) is 4.98 Å². The van der Waals surface area contributed by atoms with Crippen molar-refractivity contribution in [2.24, 2.45) is 0 Å². The van der Waals surface area contributed by atoms with Crippen LogP contribution in [-0.4, -0.2) is 15.0 Å². The number of fused-ring (bicyclic) bond motifs is 6. The Hall–Kier alpha value is -5.93. The summed E-state index contributed by atoms with van der Waals surface area (Å²) < 4.78 is 0. The summed E-state index contributed by atoms with van der Waals surface area (Å²) in [6.45, 7) is 4.69. The summed E-state index contributed by atoms with van der Waals surface area (Å²) >= 11 is 0. The number of pyridine rings is 1. The number of rotatable bonds is 4. The number of hydrogen-bond acceptors (Lipinski definition) is 3. The van der Waals surface area contributed by atoms with Gasteiger partial charge in [-0.1, -0.05) is 111 Å². The summed E-state index contributed by atoms with van der Waals surface area (Å²) in [5.41, 5.74) is 12.5. The molecular weight excluding hydrogens is 571 g/mol. The Morgan fingerprint density at radius 2 is 1.11 bits per heavy atom. The molecule has 1 aliphatic carbocycles. The Morgan fingerprint density at radius 1 is 0.426 bits per heavy atom. The van der Waals surface area contributed by atoms with Gasteiger partial charge in [0.25, 0.3) is 0 Å². The van der Waals surface area contributed by atoms with Crippen molar-refractivity contribution in [3.63, 3.8) is 0 Å². The average molecular weight is 602 g/mol. The largest absolute Gasteiger partial charge is 0.265 e. The van der Waals surface area contributed by atoms with Gasteiger partial charge in [-0.2, -0.15) is 0 Å². The van der Waals surface area contributed by atoms with Crippen molar-refractivity contribution in [1.82, 2.24) is 15.0 Å². The standard InChI is InChI=1S/C44H31N3/c1-44(2)39-14-7-6-13-35(39)38-24-32-17-15-29-16-18-33(25-36(29)37(32)26-40(38)44)42-27-41(30-9-4-3-5-10-30)46-43(47-42)34-12-8-11-31(23-34)28-19-21-45-22-20-28/h3-27H,1-2H3. The predicted molar refractivity (Wildman–Crippen MR) is 194 cm³/mol. The average Bonchev–Trinajstić information content (AvgIpc) is 3.36. The van der Waals surface area contributed by atoms with Crippen LogP contribution in [-0.2, 0) is 5.41 Å². The van der Waals surface area contributed by atoms with Crippen LogP contribution in [0.4, 0.5) is 0 Å². The van der Waals surface area contributed by atoms with Crippen LogP contribution in [0.3, 0.4) is 0 Å². The van der Waals surface area contributed by atoms with Crippen LogP contribution in [0, 0.1) is 0 Å². The zero-order valence-electron chi connectivity index (χ0n) is 26.3. The number of nitrogens with zero attached hydrogens (tertiary/aromatic N) is 3. The number of aromatic nitrogens is 3. The minimum Gasteiger partial charge on any atom is -0.265 e. The second kappa shape index (κ2) is 10.6. The Balaban J connectivity index is 1.23. The van der Waals surface area contributed by atoms with Crippen LogP contribution in [0.5, 0.6) is 0 Å². The molecule has 47 heavy (non-hydrogen) atoms. The van der Waals surface area contributed by atoms with Crippen LogP contribution in [0.1, 0.15) is 25.0 Å². The van der Waals surface area contributed by atoms with E-state index in [1.165, 1.54) is 43.8 Å². The van der Waals surface area contributed by atoms with E-state index in [9.17, 15) is 0 Å². The fourth-order valence-corrected chi connectivity index (χ4v) is 7.27. The second-order valence-corrected chi connectivity index (χ2v) is 12.9. The van der Waals surface area contributed by atoms with E-state index in [0.29, 0.717) is 5.82 Å². The highest BCUT2D eigenvalue weighted by Gasteiger charge is 2.35. The zero-order chi connectivity index (χ0) is 31.5. The van der Waals surface area contributed by atoms with Crippen LogP contribution in [0.2, 0.25) is 0 Å². The maximum Gasteiger partial charge on any atom is 0.160 e. The van der Waals surface area contributed by atoms with Gasteiger partial charge in [-0.15, -0.1) is 0 Å². The maximum atomic E-state index is 5.21. The molecule has 0 aliphatic heterocycles. The lowest BCUT2D eigenvalue weighted by atomic mass is 9.81. The van der Waals surface area contributed by atoms with Crippen molar-refractivity contribution in [3.8, 4) is 56.2 Å². The maximum absolute atomic E-state index is 5.21. The first-order valence-electron chi connectivity index (χ1n) is 16.1. The van der Waals surface area contributed by atoms with Gasteiger partial charge in [0, 0.05) is 34.5 Å². The van der Waals surface area contributed by atoms with E-state index in [0.717, 1.165) is 39.2 Å². The number of benzene rings is 6. The van der Waals surface area contributed by atoms with Gasteiger partial charge in [0.2, 0.25) is 0 Å². The molecule has 0 spiro atoms. The minimum atomic E-state index is -0.0587. The van der Waals surface area contributed by atoms with Crippen molar-refractivity contribution < 1.29 is 0 Å². The lowest BCUT2D eigenvalue weighted by Crippen LogP contribution is -2.14. The van der Waals surface area contributed by atoms with E-state index in [1.807, 2.05) is 30.6 Å². The summed E-state index contributed by atoms with van der Waals surface area (Å²) in [7, 11) is 0. The van der Waals surface area contributed by atoms with Gasteiger partial charge in [0.15, 0.2) is 5.82 Å². The first-order valence-corrected chi connectivity index (χ1v) is 16.1. The first-order chi connectivity index (χ1) is 23.0. The molecule has 0 bridgehead atoms. The fourth-order valence-electron chi connectivity index (χ4n) is 7.27. The third kappa shape index (κ3) is 4.54. The molecule has 9 rings (SSSR count). The summed E-state index contributed by atoms with van der Waals surface area (Å²) in [4.78, 5) is 14.5. The van der Waals surface area contributed by atoms with E-state index < -0.39 is 0 Å². The molecule has 0 unspecified atom stereocenters. The van der Waals surface area contributed by atoms with E-state index in [1.54, 1.807) is 0 Å². The Bertz CT molecular complexity index is 2480. The van der Waals surface area contributed by atoms with Gasteiger partial charge in [-0.25, -0.2) is 9.97 Å². The van der Waals surface area contributed by atoms with E-state index in [4.69, 9.17) is 9.97 Å². The lowest BCUT2D eigenvalue weighted by Gasteiger charge is -2.22. The summed E-state index contributed by atoms with van der Waals surface area (Å²) in [6, 6.07) is 49.9. The summed E-state index contributed by atoms with van der Waals surface area (Å²) in [6.07, 6.45) is 3.65. The van der Waals surface area contributed by atoms with E-state index in [2.05, 4.69) is 140 Å². The molecule has 0 saturated carbocycles. The molecule has 1 aliphatic rings. The molecule has 0 fully saturated rings. The van der Waals surface area contributed by atoms with Gasteiger partial charge < -0.3 is 0 Å². The lowest BCUT2D eigenvalue weighted by molar-refractivity contribution is 0.661. The highest BCUT2D eigenvalue weighted by Crippen LogP contribution is 2.50. The van der Waals surface area contributed by atoms with Gasteiger partial charge >= 0.3 is 0 Å². The predicted octanol–water partition coefficient (Wildman–Crippen LogP) is 11.2. The van der Waals surface area contributed by atoms with E-state index >= 15 is 0 Å². The topological polar surface area (TPSA) is 38.7 Å². The number of hydrogen-bond donors (Lipinski definition) is 0. The quantitative estimate of drug-likeness (QED) is 0.188. The van der Waals surface area contributed by atoms with Crippen LogP contribution >= 0.6 is 0 Å². The van der Waals surface area contributed by atoms with Gasteiger partial charge in [-0.05, 0) is 97.4 Å². The Morgan fingerprint density at radius 3 is 1.96 bits per heavy atom. The third-order valence-electron chi connectivity index (χ3n) is 9.77. The molecule has 8 aromatic rings. The SMILES string of the molecule is CC1(C)c2ccccc2-c2cc3ccc4ccc(-c5cc(-c6ccccc6)nc(-c6cccc(-c7ccncc7)c6)n5)cc4c3cc21. The monoisotopic (exact) mass is 601 g/mol. The second-order valence-electron chi connectivity index (χ2n) is 12.9. The molecule has 0 amide bonds.